The first-order chi connectivity index (χ1) is 10.0. The highest BCUT2D eigenvalue weighted by Gasteiger charge is 2.28. The zero-order chi connectivity index (χ0) is 15.4. The molecule has 21 heavy (non-hydrogen) atoms. The van der Waals surface area contributed by atoms with Gasteiger partial charge in [0.2, 0.25) is 0 Å². The Kier molecular flexibility index (Phi) is 5.21. The standard InChI is InChI=1S/C17H27N3O/c1-5-6-15-9-14(10-16(18-4)19-15)17(21)20-11-12(2)7-8-13(20)3/h9-10,12-13H,5-8,11H2,1-4H3,(H,18,19). The second-order valence-electron chi connectivity index (χ2n) is 6.22. The van der Waals surface area contributed by atoms with Gasteiger partial charge in [-0.1, -0.05) is 20.3 Å². The van der Waals surface area contributed by atoms with Gasteiger partial charge < -0.3 is 10.2 Å². The minimum atomic E-state index is 0.144. The summed E-state index contributed by atoms with van der Waals surface area (Å²) in [6.45, 7) is 7.36. The zero-order valence-corrected chi connectivity index (χ0v) is 13.6. The van der Waals surface area contributed by atoms with Crippen molar-refractivity contribution in [3.63, 3.8) is 0 Å². The number of hydrogen-bond acceptors (Lipinski definition) is 3. The van der Waals surface area contributed by atoms with Gasteiger partial charge in [0.25, 0.3) is 5.91 Å². The predicted octanol–water partition coefficient (Wildman–Crippen LogP) is 3.34. The van der Waals surface area contributed by atoms with Crippen molar-refractivity contribution in [1.82, 2.24) is 9.88 Å². The molecule has 0 bridgehead atoms. The van der Waals surface area contributed by atoms with E-state index in [9.17, 15) is 4.79 Å². The number of hydrogen-bond donors (Lipinski definition) is 1. The quantitative estimate of drug-likeness (QED) is 0.924. The molecule has 1 saturated heterocycles. The summed E-state index contributed by atoms with van der Waals surface area (Å²) in [5, 5.41) is 3.06. The highest BCUT2D eigenvalue weighted by atomic mass is 16.2. The van der Waals surface area contributed by atoms with Crippen LogP contribution in [0.4, 0.5) is 5.82 Å². The molecule has 1 N–H and O–H groups in total. The second-order valence-corrected chi connectivity index (χ2v) is 6.22. The number of nitrogens with one attached hydrogen (secondary N) is 1. The third-order valence-corrected chi connectivity index (χ3v) is 4.27. The molecule has 1 fully saturated rings. The second kappa shape index (κ2) is 6.92. The number of likely N-dealkylation sites (tertiary alicyclic amines) is 1. The molecule has 1 aliphatic rings. The predicted molar refractivity (Wildman–Crippen MR) is 86.7 cm³/mol. The Morgan fingerprint density at radius 1 is 1.38 bits per heavy atom. The number of nitrogens with zero attached hydrogens (tertiary/aromatic N) is 2. The number of aromatic nitrogens is 1. The van der Waals surface area contributed by atoms with E-state index in [0.717, 1.165) is 42.9 Å². The molecule has 0 radical (unpaired) electrons. The van der Waals surface area contributed by atoms with Crippen molar-refractivity contribution in [3.05, 3.63) is 23.4 Å². The molecule has 116 valence electrons. The van der Waals surface area contributed by atoms with Gasteiger partial charge in [-0.15, -0.1) is 0 Å². The number of aryl methyl sites for hydroxylation is 1. The van der Waals surface area contributed by atoms with Crippen molar-refractivity contribution in [3.8, 4) is 0 Å². The van der Waals surface area contributed by atoms with Crippen LogP contribution < -0.4 is 5.32 Å². The van der Waals surface area contributed by atoms with Crippen LogP contribution in [0.15, 0.2) is 12.1 Å². The van der Waals surface area contributed by atoms with Crippen molar-refractivity contribution in [2.45, 2.75) is 52.5 Å². The monoisotopic (exact) mass is 289 g/mol. The number of amides is 1. The highest BCUT2D eigenvalue weighted by Crippen LogP contribution is 2.24. The maximum atomic E-state index is 12.9. The van der Waals surface area contributed by atoms with Crippen LogP contribution in [-0.2, 0) is 6.42 Å². The van der Waals surface area contributed by atoms with Crippen LogP contribution in [0.2, 0.25) is 0 Å². The molecule has 2 atom stereocenters. The van der Waals surface area contributed by atoms with Crippen molar-refractivity contribution in [2.24, 2.45) is 5.92 Å². The molecular formula is C17H27N3O. The lowest BCUT2D eigenvalue weighted by Gasteiger charge is -2.37. The largest absolute Gasteiger partial charge is 0.373 e. The van der Waals surface area contributed by atoms with E-state index in [2.05, 4.69) is 31.1 Å². The first-order valence-corrected chi connectivity index (χ1v) is 8.04. The van der Waals surface area contributed by atoms with Crippen LogP contribution in [0.5, 0.6) is 0 Å². The number of pyridine rings is 1. The molecule has 0 aromatic carbocycles. The summed E-state index contributed by atoms with van der Waals surface area (Å²) in [7, 11) is 1.85. The van der Waals surface area contributed by atoms with Gasteiger partial charge in [-0.2, -0.15) is 0 Å². The van der Waals surface area contributed by atoms with Crippen molar-refractivity contribution >= 4 is 11.7 Å². The van der Waals surface area contributed by atoms with Crippen LogP contribution >= 0.6 is 0 Å². The van der Waals surface area contributed by atoms with E-state index in [4.69, 9.17) is 0 Å². The van der Waals surface area contributed by atoms with E-state index in [1.54, 1.807) is 0 Å². The van der Waals surface area contributed by atoms with E-state index >= 15 is 0 Å². The Morgan fingerprint density at radius 3 is 2.81 bits per heavy atom. The minimum absolute atomic E-state index is 0.144. The molecule has 1 aromatic heterocycles. The molecule has 0 saturated carbocycles. The average molecular weight is 289 g/mol. The van der Waals surface area contributed by atoms with E-state index in [0.29, 0.717) is 12.0 Å². The Hall–Kier alpha value is -1.58. The van der Waals surface area contributed by atoms with Crippen LogP contribution in [0.25, 0.3) is 0 Å². The molecule has 0 aliphatic carbocycles. The van der Waals surface area contributed by atoms with Crippen LogP contribution in [0, 0.1) is 5.92 Å². The number of piperidine rings is 1. The molecule has 2 heterocycles. The Balaban J connectivity index is 2.26. The fraction of sp³-hybridized carbons (Fsp3) is 0.647. The number of carbonyl (C=O) groups is 1. The summed E-state index contributed by atoms with van der Waals surface area (Å²) in [6, 6.07) is 4.15. The van der Waals surface area contributed by atoms with Crippen molar-refractivity contribution < 1.29 is 4.79 Å². The lowest BCUT2D eigenvalue weighted by Crippen LogP contribution is -2.45. The SMILES string of the molecule is CCCc1cc(C(=O)N2CC(C)CCC2C)cc(NC)n1. The van der Waals surface area contributed by atoms with E-state index in [1.807, 2.05) is 24.1 Å². The molecule has 4 heteroatoms. The van der Waals surface area contributed by atoms with Gasteiger partial charge in [0, 0.05) is 30.9 Å². The van der Waals surface area contributed by atoms with E-state index < -0.39 is 0 Å². The van der Waals surface area contributed by atoms with Gasteiger partial charge in [-0.05, 0) is 44.2 Å². The topological polar surface area (TPSA) is 45.2 Å². The number of carbonyl (C=O) groups excluding carboxylic acids is 1. The maximum Gasteiger partial charge on any atom is 0.254 e. The van der Waals surface area contributed by atoms with Gasteiger partial charge in [-0.25, -0.2) is 4.98 Å². The molecule has 2 unspecified atom stereocenters. The number of anilines is 1. The molecule has 1 amide bonds. The van der Waals surface area contributed by atoms with Crippen molar-refractivity contribution in [1.29, 1.82) is 0 Å². The third-order valence-electron chi connectivity index (χ3n) is 4.27. The molecule has 2 rings (SSSR count). The Labute approximate surface area is 127 Å². The molecule has 0 spiro atoms. The van der Waals surface area contributed by atoms with Gasteiger partial charge in [0.1, 0.15) is 5.82 Å². The minimum Gasteiger partial charge on any atom is -0.373 e. The normalized spacial score (nSPS) is 22.2. The smallest absolute Gasteiger partial charge is 0.254 e. The summed E-state index contributed by atoms with van der Waals surface area (Å²) in [6.07, 6.45) is 4.25. The molecule has 1 aromatic rings. The summed E-state index contributed by atoms with van der Waals surface area (Å²) >= 11 is 0. The zero-order valence-electron chi connectivity index (χ0n) is 13.6. The lowest BCUT2D eigenvalue weighted by atomic mass is 9.94. The number of rotatable bonds is 4. The Morgan fingerprint density at radius 2 is 2.14 bits per heavy atom. The summed E-state index contributed by atoms with van der Waals surface area (Å²) < 4.78 is 0. The van der Waals surface area contributed by atoms with Gasteiger partial charge >= 0.3 is 0 Å². The van der Waals surface area contributed by atoms with Crippen LogP contribution in [-0.4, -0.2) is 35.4 Å². The highest BCUT2D eigenvalue weighted by molar-refractivity contribution is 5.95. The first kappa shape index (κ1) is 15.8. The Bertz CT molecular complexity index is 501. The third kappa shape index (κ3) is 3.74. The fourth-order valence-corrected chi connectivity index (χ4v) is 2.96. The molecule has 4 nitrogen and oxygen atoms in total. The fourth-order valence-electron chi connectivity index (χ4n) is 2.96. The van der Waals surface area contributed by atoms with Crippen LogP contribution in [0.1, 0.15) is 56.1 Å². The molecule has 1 aliphatic heterocycles. The van der Waals surface area contributed by atoms with E-state index in [1.165, 1.54) is 6.42 Å². The van der Waals surface area contributed by atoms with Crippen LogP contribution in [0.3, 0.4) is 0 Å². The summed E-state index contributed by atoms with van der Waals surface area (Å²) in [4.78, 5) is 19.4. The average Bonchev–Trinajstić information content (AvgIpc) is 2.49. The first-order valence-electron chi connectivity index (χ1n) is 8.04. The van der Waals surface area contributed by atoms with E-state index in [-0.39, 0.29) is 5.91 Å². The maximum absolute atomic E-state index is 12.9. The van der Waals surface area contributed by atoms with Gasteiger partial charge in [0.05, 0.1) is 0 Å². The summed E-state index contributed by atoms with van der Waals surface area (Å²) in [5.41, 5.74) is 1.75. The van der Waals surface area contributed by atoms with Gasteiger partial charge in [0.15, 0.2) is 0 Å². The van der Waals surface area contributed by atoms with Crippen molar-refractivity contribution in [2.75, 3.05) is 18.9 Å². The molecular weight excluding hydrogens is 262 g/mol. The summed E-state index contributed by atoms with van der Waals surface area (Å²) in [5.74, 6) is 1.51. The van der Waals surface area contributed by atoms with Gasteiger partial charge in [-0.3, -0.25) is 4.79 Å². The lowest BCUT2D eigenvalue weighted by molar-refractivity contribution is 0.0574.